The summed E-state index contributed by atoms with van der Waals surface area (Å²) in [5.41, 5.74) is 2.28. The number of pyridine rings is 1. The Bertz CT molecular complexity index is 1230. The van der Waals surface area contributed by atoms with Crippen molar-refractivity contribution in [3.8, 4) is 11.8 Å². The normalized spacial score (nSPS) is 10.3. The lowest BCUT2D eigenvalue weighted by Crippen LogP contribution is -2.10. The molecule has 0 saturated carbocycles. The lowest BCUT2D eigenvalue weighted by molar-refractivity contribution is 0.0992. The van der Waals surface area contributed by atoms with Crippen LogP contribution >= 0.6 is 11.8 Å². The van der Waals surface area contributed by atoms with E-state index in [0.717, 1.165) is 16.2 Å². The summed E-state index contributed by atoms with van der Waals surface area (Å²) in [6.45, 7) is 0.120. The zero-order chi connectivity index (χ0) is 22.2. The molecule has 2 heterocycles. The second-order valence-electron chi connectivity index (χ2n) is 6.79. The first-order valence-electron chi connectivity index (χ1n) is 9.85. The zero-order valence-electron chi connectivity index (χ0n) is 17.0. The number of amides is 1. The third kappa shape index (κ3) is 5.56. The Hall–Kier alpha value is -4.02. The van der Waals surface area contributed by atoms with Crippen LogP contribution in [-0.4, -0.2) is 10.9 Å². The van der Waals surface area contributed by atoms with Crippen molar-refractivity contribution >= 4 is 23.4 Å². The van der Waals surface area contributed by atoms with Gasteiger partial charge in [-0.05, 0) is 60.2 Å². The lowest BCUT2D eigenvalue weighted by atomic mass is 10.2. The molecule has 2 aromatic carbocycles. The molecule has 4 rings (SSSR count). The fourth-order valence-electron chi connectivity index (χ4n) is 2.89. The standard InChI is InChI=1S/C25H19N3O3S/c26-14-19-5-1-2-6-23(19)30-16-21-9-12-24(31-21)25(29)28-20-7-10-22(11-8-20)32-17-18-4-3-13-27-15-18/h1-13,15H,16-17H2,(H,28,29). The van der Waals surface area contributed by atoms with Gasteiger partial charge in [-0.25, -0.2) is 0 Å². The van der Waals surface area contributed by atoms with Crippen LogP contribution in [0.25, 0.3) is 0 Å². The summed E-state index contributed by atoms with van der Waals surface area (Å²) in [6.07, 6.45) is 3.61. The number of nitrogens with one attached hydrogen (secondary N) is 1. The number of nitriles is 1. The van der Waals surface area contributed by atoms with E-state index in [1.165, 1.54) is 0 Å². The number of ether oxygens (including phenoxy) is 1. The molecule has 7 heteroatoms. The molecule has 6 nitrogen and oxygen atoms in total. The Morgan fingerprint density at radius 3 is 2.69 bits per heavy atom. The SMILES string of the molecule is N#Cc1ccccc1OCc1ccc(C(=O)Nc2ccc(SCc3cccnc3)cc2)o1. The fourth-order valence-corrected chi connectivity index (χ4v) is 3.72. The van der Waals surface area contributed by atoms with Gasteiger partial charge in [0, 0.05) is 28.7 Å². The maximum atomic E-state index is 12.5. The van der Waals surface area contributed by atoms with E-state index >= 15 is 0 Å². The average molecular weight is 442 g/mol. The van der Waals surface area contributed by atoms with Crippen LogP contribution in [-0.2, 0) is 12.4 Å². The molecule has 4 aromatic rings. The van der Waals surface area contributed by atoms with Gasteiger partial charge in [0.05, 0.1) is 5.56 Å². The van der Waals surface area contributed by atoms with Crippen LogP contribution in [0, 0.1) is 11.3 Å². The third-order valence-electron chi connectivity index (χ3n) is 4.50. The number of nitrogens with zero attached hydrogens (tertiary/aromatic N) is 2. The van der Waals surface area contributed by atoms with Gasteiger partial charge >= 0.3 is 0 Å². The van der Waals surface area contributed by atoms with Crippen LogP contribution in [0.1, 0.15) is 27.4 Å². The van der Waals surface area contributed by atoms with Crippen molar-refractivity contribution < 1.29 is 13.9 Å². The van der Waals surface area contributed by atoms with Crippen molar-refractivity contribution in [1.82, 2.24) is 4.98 Å². The molecule has 32 heavy (non-hydrogen) atoms. The van der Waals surface area contributed by atoms with Crippen molar-refractivity contribution in [3.63, 3.8) is 0 Å². The molecule has 0 bridgehead atoms. The largest absolute Gasteiger partial charge is 0.484 e. The zero-order valence-corrected chi connectivity index (χ0v) is 17.8. The average Bonchev–Trinajstić information content (AvgIpc) is 3.32. The number of rotatable bonds is 8. The van der Waals surface area contributed by atoms with Gasteiger partial charge in [-0.3, -0.25) is 9.78 Å². The molecule has 158 valence electrons. The molecule has 0 aliphatic carbocycles. The van der Waals surface area contributed by atoms with Gasteiger partial charge in [-0.15, -0.1) is 11.8 Å². The smallest absolute Gasteiger partial charge is 0.291 e. The summed E-state index contributed by atoms with van der Waals surface area (Å²) in [4.78, 5) is 17.7. The molecule has 0 saturated heterocycles. The molecule has 2 aromatic heterocycles. The van der Waals surface area contributed by atoms with Crippen molar-refractivity contribution in [2.45, 2.75) is 17.3 Å². The van der Waals surface area contributed by atoms with Gasteiger partial charge in [-0.1, -0.05) is 18.2 Å². The third-order valence-corrected chi connectivity index (χ3v) is 5.59. The monoisotopic (exact) mass is 441 g/mol. The number of anilines is 1. The van der Waals surface area contributed by atoms with Crippen LogP contribution < -0.4 is 10.1 Å². The predicted molar refractivity (Wildman–Crippen MR) is 122 cm³/mol. The maximum Gasteiger partial charge on any atom is 0.291 e. The van der Waals surface area contributed by atoms with Gasteiger partial charge in [0.1, 0.15) is 24.2 Å². The van der Waals surface area contributed by atoms with Crippen molar-refractivity contribution in [2.75, 3.05) is 5.32 Å². The molecule has 0 unspecified atom stereocenters. The van der Waals surface area contributed by atoms with Crippen LogP contribution in [0.5, 0.6) is 5.75 Å². The number of carbonyl (C=O) groups excluding carboxylic acids is 1. The van der Waals surface area contributed by atoms with E-state index in [9.17, 15) is 4.79 Å². The molecule has 0 atom stereocenters. The molecule has 1 N–H and O–H groups in total. The van der Waals surface area contributed by atoms with Crippen LogP contribution in [0.3, 0.4) is 0 Å². The Kier molecular flexibility index (Phi) is 6.85. The van der Waals surface area contributed by atoms with E-state index in [1.807, 2.05) is 42.6 Å². The topological polar surface area (TPSA) is 88.1 Å². The van der Waals surface area contributed by atoms with Gasteiger partial charge in [0.15, 0.2) is 5.76 Å². The maximum absolute atomic E-state index is 12.5. The number of hydrogen-bond donors (Lipinski definition) is 1. The van der Waals surface area contributed by atoms with E-state index in [-0.39, 0.29) is 18.3 Å². The van der Waals surface area contributed by atoms with Gasteiger partial charge in [-0.2, -0.15) is 5.26 Å². The molecular formula is C25H19N3O3S. The summed E-state index contributed by atoms with van der Waals surface area (Å²) in [5.74, 6) is 1.64. The van der Waals surface area contributed by atoms with Crippen molar-refractivity contribution in [3.05, 3.63) is 108 Å². The van der Waals surface area contributed by atoms with E-state index < -0.39 is 0 Å². The molecule has 0 spiro atoms. The van der Waals surface area contributed by atoms with Gasteiger partial charge in [0.25, 0.3) is 5.91 Å². The minimum absolute atomic E-state index is 0.120. The Morgan fingerprint density at radius 1 is 1.06 bits per heavy atom. The predicted octanol–water partition coefficient (Wildman–Crippen LogP) is 5.67. The Balaban J connectivity index is 1.30. The Morgan fingerprint density at radius 2 is 1.91 bits per heavy atom. The summed E-state index contributed by atoms with van der Waals surface area (Å²) < 4.78 is 11.2. The fraction of sp³-hybridized carbons (Fsp3) is 0.0800. The molecule has 0 radical (unpaired) electrons. The molecule has 0 fully saturated rings. The second kappa shape index (κ2) is 10.3. The number of carbonyl (C=O) groups is 1. The molecular weight excluding hydrogens is 422 g/mol. The quantitative estimate of drug-likeness (QED) is 0.355. The molecule has 0 aliphatic heterocycles. The van der Waals surface area contributed by atoms with Crippen molar-refractivity contribution in [2.24, 2.45) is 0 Å². The first kappa shape index (κ1) is 21.2. The van der Waals surface area contributed by atoms with E-state index in [1.54, 1.807) is 54.4 Å². The number of furan rings is 1. The minimum Gasteiger partial charge on any atom is -0.484 e. The summed E-state index contributed by atoms with van der Waals surface area (Å²) in [7, 11) is 0. The van der Waals surface area contributed by atoms with Gasteiger partial charge in [0.2, 0.25) is 0 Å². The minimum atomic E-state index is -0.343. The Labute approximate surface area is 189 Å². The summed E-state index contributed by atoms with van der Waals surface area (Å²) >= 11 is 1.70. The van der Waals surface area contributed by atoms with E-state index in [4.69, 9.17) is 14.4 Å². The highest BCUT2D eigenvalue weighted by Gasteiger charge is 2.12. The van der Waals surface area contributed by atoms with Crippen LogP contribution in [0.15, 0.2) is 94.5 Å². The van der Waals surface area contributed by atoms with E-state index in [0.29, 0.717) is 22.8 Å². The highest BCUT2D eigenvalue weighted by atomic mass is 32.2. The number of para-hydroxylation sites is 1. The highest BCUT2D eigenvalue weighted by Crippen LogP contribution is 2.24. The van der Waals surface area contributed by atoms with Crippen LogP contribution in [0.4, 0.5) is 5.69 Å². The number of benzene rings is 2. The first-order chi connectivity index (χ1) is 15.7. The summed E-state index contributed by atoms with van der Waals surface area (Å²) in [6, 6.07) is 23.9. The lowest BCUT2D eigenvalue weighted by Gasteiger charge is -2.06. The summed E-state index contributed by atoms with van der Waals surface area (Å²) in [5, 5.41) is 12.0. The van der Waals surface area contributed by atoms with E-state index in [2.05, 4.69) is 16.4 Å². The van der Waals surface area contributed by atoms with Gasteiger partial charge < -0.3 is 14.5 Å². The second-order valence-corrected chi connectivity index (χ2v) is 7.84. The number of hydrogen-bond acceptors (Lipinski definition) is 6. The highest BCUT2D eigenvalue weighted by molar-refractivity contribution is 7.98. The van der Waals surface area contributed by atoms with Crippen LogP contribution in [0.2, 0.25) is 0 Å². The first-order valence-corrected chi connectivity index (χ1v) is 10.8. The number of aromatic nitrogens is 1. The molecule has 1 amide bonds. The van der Waals surface area contributed by atoms with Crippen molar-refractivity contribution in [1.29, 1.82) is 5.26 Å². The number of thioether (sulfide) groups is 1. The molecule has 0 aliphatic rings.